The lowest BCUT2D eigenvalue weighted by molar-refractivity contribution is -0.186. The summed E-state index contributed by atoms with van der Waals surface area (Å²) in [5, 5.41) is 9.46. The van der Waals surface area contributed by atoms with Crippen molar-refractivity contribution in [1.82, 2.24) is 4.90 Å². The fourth-order valence-corrected chi connectivity index (χ4v) is 1.70. The lowest BCUT2D eigenvalue weighted by Crippen LogP contribution is -2.43. The van der Waals surface area contributed by atoms with Crippen LogP contribution in [0.4, 0.5) is 13.2 Å². The zero-order chi connectivity index (χ0) is 15.3. The molecule has 7 heteroatoms. The molecule has 0 aliphatic rings. The number of benzene rings is 1. The van der Waals surface area contributed by atoms with Crippen LogP contribution >= 0.6 is 11.6 Å². The van der Waals surface area contributed by atoms with Gasteiger partial charge in [0, 0.05) is 11.6 Å². The first kappa shape index (κ1) is 16.1. The smallest absolute Gasteiger partial charge is 0.311 e. The predicted octanol–water partition coefficient (Wildman–Crippen LogP) is 3.48. The van der Waals surface area contributed by atoms with Gasteiger partial charge in [-0.1, -0.05) is 29.8 Å². The van der Waals surface area contributed by atoms with E-state index in [0.29, 0.717) is 9.92 Å². The van der Waals surface area contributed by atoms with Gasteiger partial charge in [-0.25, -0.2) is 0 Å². The molecule has 0 saturated carbocycles. The van der Waals surface area contributed by atoms with E-state index in [-0.39, 0.29) is 12.1 Å². The summed E-state index contributed by atoms with van der Waals surface area (Å²) in [6.07, 6.45) is -3.92. The van der Waals surface area contributed by atoms with Crippen molar-refractivity contribution in [2.75, 3.05) is 6.54 Å². The highest BCUT2D eigenvalue weighted by Gasteiger charge is 2.44. The maximum Gasteiger partial charge on any atom is 0.471 e. The highest BCUT2D eigenvalue weighted by atomic mass is 35.5. The lowest BCUT2D eigenvalue weighted by Gasteiger charge is -2.27. The Labute approximate surface area is 118 Å². The Balaban J connectivity index is 3.17. The number of rotatable bonds is 4. The summed E-state index contributed by atoms with van der Waals surface area (Å²) in [6, 6.07) is 6.00. The number of carbonyl (C=O) groups is 1. The number of carbonyl (C=O) groups excluding carboxylic acids is 1. The first-order valence-corrected chi connectivity index (χ1v) is 5.82. The standard InChI is InChI=1S/C13H10ClF3N2O/c1-2-7-19(12(20)13(15,16)17)11(8-18)9-3-5-10(14)6-4-9/h2-6,11H,1,7H2/t11-/m1/s1. The second kappa shape index (κ2) is 6.44. The van der Waals surface area contributed by atoms with Crippen LogP contribution in [0.2, 0.25) is 5.02 Å². The molecule has 106 valence electrons. The van der Waals surface area contributed by atoms with Gasteiger partial charge in [-0.05, 0) is 17.7 Å². The first-order valence-electron chi connectivity index (χ1n) is 5.45. The van der Waals surface area contributed by atoms with E-state index in [1.807, 2.05) is 0 Å². The minimum absolute atomic E-state index is 0.247. The topological polar surface area (TPSA) is 44.1 Å². The molecule has 0 fully saturated rings. The van der Waals surface area contributed by atoms with Gasteiger partial charge in [0.05, 0.1) is 6.07 Å². The van der Waals surface area contributed by atoms with Gasteiger partial charge in [0.2, 0.25) is 0 Å². The van der Waals surface area contributed by atoms with Crippen molar-refractivity contribution in [2.45, 2.75) is 12.2 Å². The maximum absolute atomic E-state index is 12.5. The summed E-state index contributed by atoms with van der Waals surface area (Å²) in [7, 11) is 0. The molecule has 1 aromatic rings. The molecule has 0 unspecified atom stereocenters. The van der Waals surface area contributed by atoms with E-state index in [2.05, 4.69) is 6.58 Å². The molecule has 3 nitrogen and oxygen atoms in total. The molecule has 1 rings (SSSR count). The molecule has 0 heterocycles. The number of nitriles is 1. The third-order valence-corrected chi connectivity index (χ3v) is 2.70. The summed E-state index contributed by atoms with van der Waals surface area (Å²) in [4.78, 5) is 11.8. The predicted molar refractivity (Wildman–Crippen MR) is 67.8 cm³/mol. The number of hydrogen-bond donors (Lipinski definition) is 0. The average Bonchev–Trinajstić information content (AvgIpc) is 2.38. The van der Waals surface area contributed by atoms with Crippen LogP contribution in [-0.4, -0.2) is 23.5 Å². The molecule has 0 aliphatic carbocycles. The SMILES string of the molecule is C=CCN(C(=O)C(F)(F)F)[C@H](C#N)c1ccc(Cl)cc1. The number of halogens is 4. The molecule has 20 heavy (non-hydrogen) atoms. The minimum atomic E-state index is -5.05. The van der Waals surface area contributed by atoms with Crippen LogP contribution in [-0.2, 0) is 4.79 Å². The summed E-state index contributed by atoms with van der Waals surface area (Å²) in [5.74, 6) is -2.08. The number of amides is 1. The van der Waals surface area contributed by atoms with Crippen molar-refractivity contribution in [3.8, 4) is 6.07 Å². The summed E-state index contributed by atoms with van der Waals surface area (Å²) >= 11 is 5.68. The molecule has 1 amide bonds. The molecular formula is C13H10ClF3N2O. The van der Waals surface area contributed by atoms with E-state index in [0.717, 1.165) is 6.08 Å². The van der Waals surface area contributed by atoms with Crippen molar-refractivity contribution in [3.63, 3.8) is 0 Å². The number of hydrogen-bond acceptors (Lipinski definition) is 2. The molecule has 1 atom stereocenters. The number of nitrogens with zero attached hydrogens (tertiary/aromatic N) is 2. The Kier molecular flexibility index (Phi) is 5.17. The molecule has 0 saturated heterocycles. The van der Waals surface area contributed by atoms with Gasteiger partial charge in [0.15, 0.2) is 0 Å². The highest BCUT2D eigenvalue weighted by Crippen LogP contribution is 2.27. The van der Waals surface area contributed by atoms with Gasteiger partial charge in [-0.3, -0.25) is 4.79 Å². The van der Waals surface area contributed by atoms with Crippen LogP contribution in [0.5, 0.6) is 0 Å². The summed E-state index contributed by atoms with van der Waals surface area (Å²) in [6.45, 7) is 2.91. The first-order chi connectivity index (χ1) is 9.31. The van der Waals surface area contributed by atoms with Gasteiger partial charge in [0.1, 0.15) is 6.04 Å². The third kappa shape index (κ3) is 3.75. The Morgan fingerprint density at radius 3 is 2.40 bits per heavy atom. The molecule has 0 radical (unpaired) electrons. The molecule has 0 aliphatic heterocycles. The normalized spacial score (nSPS) is 12.3. The van der Waals surface area contributed by atoms with Crippen molar-refractivity contribution in [2.24, 2.45) is 0 Å². The fraction of sp³-hybridized carbons (Fsp3) is 0.231. The van der Waals surface area contributed by atoms with Gasteiger partial charge in [-0.2, -0.15) is 18.4 Å². The van der Waals surface area contributed by atoms with Gasteiger partial charge >= 0.3 is 12.1 Å². The Morgan fingerprint density at radius 1 is 1.45 bits per heavy atom. The molecule has 0 N–H and O–H groups in total. The van der Waals surface area contributed by atoms with E-state index < -0.39 is 18.1 Å². The molecule has 0 aromatic heterocycles. The van der Waals surface area contributed by atoms with Crippen LogP contribution in [0, 0.1) is 11.3 Å². The number of alkyl halides is 3. The highest BCUT2D eigenvalue weighted by molar-refractivity contribution is 6.30. The van der Waals surface area contributed by atoms with Gasteiger partial charge in [0.25, 0.3) is 0 Å². The van der Waals surface area contributed by atoms with Gasteiger partial charge in [-0.15, -0.1) is 6.58 Å². The maximum atomic E-state index is 12.5. The summed E-state index contributed by atoms with van der Waals surface area (Å²) in [5.41, 5.74) is 0.247. The van der Waals surface area contributed by atoms with Gasteiger partial charge < -0.3 is 4.90 Å². The van der Waals surface area contributed by atoms with E-state index >= 15 is 0 Å². The molecular weight excluding hydrogens is 293 g/mol. The van der Waals surface area contributed by atoms with Crippen molar-refractivity contribution in [1.29, 1.82) is 5.26 Å². The molecule has 0 bridgehead atoms. The van der Waals surface area contributed by atoms with Crippen LogP contribution in [0.1, 0.15) is 11.6 Å². The van der Waals surface area contributed by atoms with Crippen LogP contribution < -0.4 is 0 Å². The Hall–Kier alpha value is -2.00. The van der Waals surface area contributed by atoms with Crippen molar-refractivity contribution >= 4 is 17.5 Å². The second-order valence-corrected chi connectivity index (χ2v) is 4.26. The largest absolute Gasteiger partial charge is 0.471 e. The van der Waals surface area contributed by atoms with Crippen molar-refractivity contribution in [3.05, 3.63) is 47.5 Å². The second-order valence-electron chi connectivity index (χ2n) is 3.83. The third-order valence-electron chi connectivity index (χ3n) is 2.45. The average molecular weight is 303 g/mol. The van der Waals surface area contributed by atoms with E-state index in [9.17, 15) is 18.0 Å². The lowest BCUT2D eigenvalue weighted by atomic mass is 10.1. The van der Waals surface area contributed by atoms with E-state index in [4.69, 9.17) is 16.9 Å². The monoisotopic (exact) mass is 302 g/mol. The van der Waals surface area contributed by atoms with Crippen LogP contribution in [0.3, 0.4) is 0 Å². The zero-order valence-corrected chi connectivity index (χ0v) is 10.9. The quantitative estimate of drug-likeness (QED) is 0.799. The minimum Gasteiger partial charge on any atom is -0.311 e. The molecule has 0 spiro atoms. The van der Waals surface area contributed by atoms with Crippen LogP contribution in [0.15, 0.2) is 36.9 Å². The fourth-order valence-electron chi connectivity index (χ4n) is 1.58. The summed E-state index contributed by atoms with van der Waals surface area (Å²) < 4.78 is 37.6. The molecule has 1 aromatic carbocycles. The van der Waals surface area contributed by atoms with E-state index in [1.165, 1.54) is 24.3 Å². The zero-order valence-electron chi connectivity index (χ0n) is 10.2. The van der Waals surface area contributed by atoms with Crippen molar-refractivity contribution < 1.29 is 18.0 Å². The Morgan fingerprint density at radius 2 is 2.00 bits per heavy atom. The van der Waals surface area contributed by atoms with Crippen LogP contribution in [0.25, 0.3) is 0 Å². The Bertz CT molecular complexity index is 534. The van der Waals surface area contributed by atoms with E-state index in [1.54, 1.807) is 6.07 Å².